The van der Waals surface area contributed by atoms with Crippen LogP contribution in [-0.2, 0) is 0 Å². The van der Waals surface area contributed by atoms with Crippen molar-refractivity contribution >= 4 is 23.3 Å². The van der Waals surface area contributed by atoms with Crippen LogP contribution in [0.5, 0.6) is 17.2 Å². The minimum absolute atomic E-state index is 0.168. The summed E-state index contributed by atoms with van der Waals surface area (Å²) in [5.74, 6) is 1.78. The predicted octanol–water partition coefficient (Wildman–Crippen LogP) is 4.14. The number of rotatable bonds is 3. The van der Waals surface area contributed by atoms with Gasteiger partial charge in [-0.2, -0.15) is 5.26 Å². The van der Waals surface area contributed by atoms with Crippen LogP contribution in [-0.4, -0.2) is 13.9 Å². The number of hydrogen-bond donors (Lipinski definition) is 0. The number of fused-ring (bicyclic) bond motifs is 1. The molecule has 4 nitrogen and oxygen atoms in total. The molecular weight excluding hydrogens is 302 g/mol. The van der Waals surface area contributed by atoms with Crippen LogP contribution < -0.4 is 14.2 Å². The smallest absolute Gasteiger partial charge is 0.231 e. The third-order valence-electron chi connectivity index (χ3n) is 3.27. The van der Waals surface area contributed by atoms with Crippen molar-refractivity contribution in [2.45, 2.75) is 0 Å². The van der Waals surface area contributed by atoms with Gasteiger partial charge in [0.1, 0.15) is 0 Å². The summed E-state index contributed by atoms with van der Waals surface area (Å²) in [5, 5.41) is 10.0. The molecule has 1 heterocycles. The summed E-state index contributed by atoms with van der Waals surface area (Å²) >= 11 is 5.87. The molecule has 1 aliphatic rings. The van der Waals surface area contributed by atoms with E-state index in [0.717, 1.165) is 11.1 Å². The second kappa shape index (κ2) is 6.00. The van der Waals surface area contributed by atoms with Crippen LogP contribution in [0.4, 0.5) is 0 Å². The monoisotopic (exact) mass is 313 g/mol. The zero-order valence-corrected chi connectivity index (χ0v) is 12.6. The SMILES string of the molecule is COc1cc(C=C(C#N)c2ccc(Cl)cc2)cc2c1OCO2. The van der Waals surface area contributed by atoms with Gasteiger partial charge >= 0.3 is 0 Å². The van der Waals surface area contributed by atoms with Gasteiger partial charge in [-0.3, -0.25) is 0 Å². The molecule has 3 rings (SSSR count). The summed E-state index contributed by atoms with van der Waals surface area (Å²) in [4.78, 5) is 0. The van der Waals surface area contributed by atoms with Crippen LogP contribution in [0.2, 0.25) is 5.02 Å². The van der Waals surface area contributed by atoms with Crippen molar-refractivity contribution in [3.8, 4) is 23.3 Å². The Morgan fingerprint density at radius 1 is 1.27 bits per heavy atom. The van der Waals surface area contributed by atoms with Crippen LogP contribution in [0.3, 0.4) is 0 Å². The quantitative estimate of drug-likeness (QED) is 0.631. The molecule has 0 saturated carbocycles. The molecule has 0 fully saturated rings. The van der Waals surface area contributed by atoms with Gasteiger partial charge in [-0.05, 0) is 41.5 Å². The second-order valence-corrected chi connectivity index (χ2v) is 5.07. The van der Waals surface area contributed by atoms with Gasteiger partial charge < -0.3 is 14.2 Å². The van der Waals surface area contributed by atoms with Crippen LogP contribution >= 0.6 is 11.6 Å². The van der Waals surface area contributed by atoms with Crippen molar-refractivity contribution in [1.29, 1.82) is 5.26 Å². The number of nitriles is 1. The lowest BCUT2D eigenvalue weighted by Gasteiger charge is -2.06. The van der Waals surface area contributed by atoms with E-state index in [1.807, 2.05) is 18.2 Å². The highest BCUT2D eigenvalue weighted by molar-refractivity contribution is 6.30. The third-order valence-corrected chi connectivity index (χ3v) is 3.52. The van der Waals surface area contributed by atoms with Crippen LogP contribution in [0.1, 0.15) is 11.1 Å². The molecule has 0 amide bonds. The van der Waals surface area contributed by atoms with Gasteiger partial charge in [0.15, 0.2) is 11.5 Å². The van der Waals surface area contributed by atoms with Crippen molar-refractivity contribution < 1.29 is 14.2 Å². The summed E-state index contributed by atoms with van der Waals surface area (Å²) < 4.78 is 16.0. The number of ether oxygens (including phenoxy) is 3. The van der Waals surface area contributed by atoms with Gasteiger partial charge in [-0.25, -0.2) is 0 Å². The minimum Gasteiger partial charge on any atom is -0.493 e. The normalized spacial score (nSPS) is 12.9. The Balaban J connectivity index is 2.03. The van der Waals surface area contributed by atoms with E-state index in [2.05, 4.69) is 6.07 Å². The molecule has 0 unspecified atom stereocenters. The van der Waals surface area contributed by atoms with Crippen LogP contribution in [0.15, 0.2) is 36.4 Å². The first kappa shape index (κ1) is 14.3. The lowest BCUT2D eigenvalue weighted by atomic mass is 10.0. The highest BCUT2D eigenvalue weighted by Gasteiger charge is 2.19. The van der Waals surface area contributed by atoms with E-state index in [0.29, 0.717) is 27.8 Å². The van der Waals surface area contributed by atoms with Gasteiger partial charge in [0.25, 0.3) is 0 Å². The van der Waals surface area contributed by atoms with E-state index in [1.54, 1.807) is 31.4 Å². The van der Waals surface area contributed by atoms with Crippen LogP contribution in [0, 0.1) is 11.3 Å². The van der Waals surface area contributed by atoms with Crippen LogP contribution in [0.25, 0.3) is 11.6 Å². The fourth-order valence-corrected chi connectivity index (χ4v) is 2.34. The topological polar surface area (TPSA) is 51.5 Å². The predicted molar refractivity (Wildman–Crippen MR) is 84.1 cm³/mol. The molecule has 0 bridgehead atoms. The molecule has 0 spiro atoms. The Hall–Kier alpha value is -2.64. The lowest BCUT2D eigenvalue weighted by Crippen LogP contribution is -1.93. The molecule has 0 aromatic heterocycles. The molecule has 2 aromatic carbocycles. The zero-order valence-electron chi connectivity index (χ0n) is 11.8. The van der Waals surface area contributed by atoms with E-state index in [1.165, 1.54) is 0 Å². The van der Waals surface area contributed by atoms with E-state index in [4.69, 9.17) is 25.8 Å². The first-order valence-electron chi connectivity index (χ1n) is 6.56. The molecule has 0 saturated heterocycles. The average Bonchev–Trinajstić information content (AvgIpc) is 3.01. The summed E-state index contributed by atoms with van der Waals surface area (Å²) in [6.45, 7) is 0.168. The molecule has 2 aromatic rings. The number of halogens is 1. The average molecular weight is 314 g/mol. The highest BCUT2D eigenvalue weighted by Crippen LogP contribution is 2.42. The van der Waals surface area contributed by atoms with E-state index in [-0.39, 0.29) is 6.79 Å². The highest BCUT2D eigenvalue weighted by atomic mass is 35.5. The molecule has 0 aliphatic carbocycles. The fraction of sp³-hybridized carbons (Fsp3) is 0.118. The second-order valence-electron chi connectivity index (χ2n) is 4.63. The van der Waals surface area contributed by atoms with Gasteiger partial charge in [-0.1, -0.05) is 23.7 Å². The van der Waals surface area contributed by atoms with Gasteiger partial charge in [0, 0.05) is 5.02 Å². The molecule has 0 radical (unpaired) electrons. The van der Waals surface area contributed by atoms with Crippen molar-refractivity contribution in [3.05, 3.63) is 52.5 Å². The van der Waals surface area contributed by atoms with Crippen molar-refractivity contribution in [1.82, 2.24) is 0 Å². The molecule has 5 heteroatoms. The molecule has 0 atom stereocenters. The van der Waals surface area contributed by atoms with Gasteiger partial charge in [0.2, 0.25) is 12.5 Å². The maximum atomic E-state index is 9.39. The van der Waals surface area contributed by atoms with E-state index >= 15 is 0 Å². The number of hydrogen-bond acceptors (Lipinski definition) is 4. The maximum absolute atomic E-state index is 9.39. The Kier molecular flexibility index (Phi) is 3.90. The van der Waals surface area contributed by atoms with Crippen molar-refractivity contribution in [2.75, 3.05) is 13.9 Å². The summed E-state index contributed by atoms with van der Waals surface area (Å²) in [5.41, 5.74) is 2.12. The standard InChI is InChI=1S/C17H12ClNO3/c1-20-15-7-11(8-16-17(15)22-10-21-16)6-13(9-19)12-2-4-14(18)5-3-12/h2-8H,10H2,1H3. The summed E-state index contributed by atoms with van der Waals surface area (Å²) in [6.07, 6.45) is 1.77. The number of methoxy groups -OCH3 is 1. The Morgan fingerprint density at radius 2 is 2.05 bits per heavy atom. The molecular formula is C17H12ClNO3. The number of allylic oxidation sites excluding steroid dienone is 1. The van der Waals surface area contributed by atoms with Crippen molar-refractivity contribution in [3.63, 3.8) is 0 Å². The third kappa shape index (κ3) is 2.72. The molecule has 110 valence electrons. The Morgan fingerprint density at radius 3 is 2.73 bits per heavy atom. The number of benzene rings is 2. The van der Waals surface area contributed by atoms with Gasteiger partial charge in [-0.15, -0.1) is 0 Å². The van der Waals surface area contributed by atoms with Gasteiger partial charge in [0.05, 0.1) is 18.8 Å². The van der Waals surface area contributed by atoms with E-state index < -0.39 is 0 Å². The Labute approximate surface area is 133 Å². The first-order valence-corrected chi connectivity index (χ1v) is 6.94. The van der Waals surface area contributed by atoms with Crippen molar-refractivity contribution in [2.24, 2.45) is 0 Å². The molecule has 1 aliphatic heterocycles. The number of nitrogens with zero attached hydrogens (tertiary/aromatic N) is 1. The summed E-state index contributed by atoms with van der Waals surface area (Å²) in [7, 11) is 1.56. The first-order chi connectivity index (χ1) is 10.7. The molecule has 0 N–H and O–H groups in total. The molecule has 22 heavy (non-hydrogen) atoms. The van der Waals surface area contributed by atoms with E-state index in [9.17, 15) is 5.26 Å². The fourth-order valence-electron chi connectivity index (χ4n) is 2.21. The summed E-state index contributed by atoms with van der Waals surface area (Å²) in [6, 6.07) is 12.9. The Bertz CT molecular complexity index is 776. The zero-order chi connectivity index (χ0) is 15.5. The lowest BCUT2D eigenvalue weighted by molar-refractivity contribution is 0.171. The minimum atomic E-state index is 0.168. The largest absolute Gasteiger partial charge is 0.493 e. The maximum Gasteiger partial charge on any atom is 0.231 e.